The molecule has 3 amide bonds. The van der Waals surface area contributed by atoms with Crippen LogP contribution in [0.25, 0.3) is 0 Å². The van der Waals surface area contributed by atoms with E-state index in [-0.39, 0.29) is 11.9 Å². The monoisotopic (exact) mass is 366 g/mol. The maximum Gasteiger partial charge on any atom is 0.314 e. The first-order valence-corrected chi connectivity index (χ1v) is 9.21. The van der Waals surface area contributed by atoms with E-state index in [0.717, 1.165) is 25.6 Å². The maximum absolute atomic E-state index is 12.0. The number of halogens is 1. The third kappa shape index (κ3) is 6.92. The molecule has 1 heterocycles. The molecule has 0 bridgehead atoms. The highest BCUT2D eigenvalue weighted by atomic mass is 35.5. The summed E-state index contributed by atoms with van der Waals surface area (Å²) in [6.45, 7) is 6.71. The van der Waals surface area contributed by atoms with E-state index in [9.17, 15) is 9.59 Å². The van der Waals surface area contributed by atoms with E-state index in [2.05, 4.69) is 27.8 Å². The van der Waals surface area contributed by atoms with E-state index < -0.39 is 0 Å². The van der Waals surface area contributed by atoms with Gasteiger partial charge in [0, 0.05) is 32.7 Å². The highest BCUT2D eigenvalue weighted by Crippen LogP contribution is 2.15. The Balaban J connectivity index is 1.55. The first-order chi connectivity index (χ1) is 12.1. The Morgan fingerprint density at radius 2 is 1.88 bits per heavy atom. The van der Waals surface area contributed by atoms with E-state index >= 15 is 0 Å². The van der Waals surface area contributed by atoms with Crippen LogP contribution < -0.4 is 16.0 Å². The van der Waals surface area contributed by atoms with Crippen molar-refractivity contribution in [3.05, 3.63) is 34.9 Å². The van der Waals surface area contributed by atoms with Gasteiger partial charge in [0.25, 0.3) is 5.91 Å². The predicted octanol–water partition coefficient (Wildman–Crippen LogP) is 2.10. The highest BCUT2D eigenvalue weighted by Gasteiger charge is 2.15. The van der Waals surface area contributed by atoms with E-state index in [1.807, 2.05) is 0 Å². The lowest BCUT2D eigenvalue weighted by atomic mass is 10.0. The number of carbonyl (C=O) groups excluding carboxylic acids is 2. The SMILES string of the molecule is C[C@@H]1CCCN(CCNC(=O)NCCNC(=O)c2ccccc2Cl)C1. The summed E-state index contributed by atoms with van der Waals surface area (Å²) in [6, 6.07) is 6.66. The Labute approximate surface area is 154 Å². The molecule has 1 atom stereocenters. The average Bonchev–Trinajstić information content (AvgIpc) is 2.59. The lowest BCUT2D eigenvalue weighted by Gasteiger charge is -2.30. The molecule has 3 N–H and O–H groups in total. The summed E-state index contributed by atoms with van der Waals surface area (Å²) in [5.74, 6) is 0.497. The largest absolute Gasteiger partial charge is 0.350 e. The number of likely N-dealkylation sites (tertiary alicyclic amines) is 1. The van der Waals surface area contributed by atoms with Crippen molar-refractivity contribution < 1.29 is 9.59 Å². The fraction of sp³-hybridized carbons (Fsp3) is 0.556. The second-order valence-electron chi connectivity index (χ2n) is 6.47. The Morgan fingerprint density at radius 1 is 1.16 bits per heavy atom. The molecular formula is C18H27ClN4O2. The Kier molecular flexibility index (Phi) is 8.01. The van der Waals surface area contributed by atoms with Crippen molar-refractivity contribution in [1.29, 1.82) is 0 Å². The van der Waals surface area contributed by atoms with Gasteiger partial charge >= 0.3 is 6.03 Å². The summed E-state index contributed by atoms with van der Waals surface area (Å²) in [7, 11) is 0. The quantitative estimate of drug-likeness (QED) is 0.647. The second-order valence-corrected chi connectivity index (χ2v) is 6.87. The molecule has 7 heteroatoms. The molecule has 1 aliphatic heterocycles. The third-order valence-corrected chi connectivity index (χ3v) is 4.60. The van der Waals surface area contributed by atoms with Crippen LogP contribution in [0.15, 0.2) is 24.3 Å². The summed E-state index contributed by atoms with van der Waals surface area (Å²) in [5.41, 5.74) is 0.435. The number of rotatable bonds is 7. The van der Waals surface area contributed by atoms with Crippen LogP contribution >= 0.6 is 11.6 Å². The summed E-state index contributed by atoms with van der Waals surface area (Å²) < 4.78 is 0. The first kappa shape index (κ1) is 19.5. The van der Waals surface area contributed by atoms with Crippen LogP contribution in [0, 0.1) is 5.92 Å². The second kappa shape index (κ2) is 10.3. The molecule has 0 spiro atoms. The van der Waals surface area contributed by atoms with Crippen molar-refractivity contribution >= 4 is 23.5 Å². The van der Waals surface area contributed by atoms with Gasteiger partial charge in [-0.05, 0) is 37.4 Å². The minimum absolute atomic E-state index is 0.211. The fourth-order valence-corrected chi connectivity index (χ4v) is 3.19. The van der Waals surface area contributed by atoms with E-state index in [4.69, 9.17) is 11.6 Å². The molecule has 0 radical (unpaired) electrons. The number of amides is 3. The Bertz CT molecular complexity index is 582. The first-order valence-electron chi connectivity index (χ1n) is 8.83. The van der Waals surface area contributed by atoms with Gasteiger partial charge in [0.2, 0.25) is 0 Å². The van der Waals surface area contributed by atoms with Crippen molar-refractivity contribution in [3.63, 3.8) is 0 Å². The lowest BCUT2D eigenvalue weighted by Crippen LogP contribution is -2.44. The van der Waals surface area contributed by atoms with Crippen molar-refractivity contribution in [2.45, 2.75) is 19.8 Å². The van der Waals surface area contributed by atoms with Gasteiger partial charge in [-0.2, -0.15) is 0 Å². The fourth-order valence-electron chi connectivity index (χ4n) is 2.97. The molecule has 0 aromatic heterocycles. The zero-order chi connectivity index (χ0) is 18.1. The van der Waals surface area contributed by atoms with Gasteiger partial charge in [0.1, 0.15) is 0 Å². The van der Waals surface area contributed by atoms with E-state index in [1.54, 1.807) is 24.3 Å². The Hall–Kier alpha value is -1.79. The number of carbonyl (C=O) groups is 2. The number of benzene rings is 1. The molecule has 25 heavy (non-hydrogen) atoms. The third-order valence-electron chi connectivity index (χ3n) is 4.27. The Morgan fingerprint density at radius 3 is 2.64 bits per heavy atom. The van der Waals surface area contributed by atoms with Gasteiger partial charge in [-0.15, -0.1) is 0 Å². The van der Waals surface area contributed by atoms with Gasteiger partial charge in [-0.1, -0.05) is 30.7 Å². The van der Waals surface area contributed by atoms with Gasteiger partial charge < -0.3 is 20.9 Å². The summed E-state index contributed by atoms with van der Waals surface area (Å²) in [5, 5.41) is 8.73. The van der Waals surface area contributed by atoms with Gasteiger partial charge in [-0.3, -0.25) is 4.79 Å². The van der Waals surface area contributed by atoms with Gasteiger partial charge in [0.15, 0.2) is 0 Å². The maximum atomic E-state index is 12.0. The molecule has 0 saturated carbocycles. The summed E-state index contributed by atoms with van der Waals surface area (Å²) in [4.78, 5) is 26.1. The zero-order valence-corrected chi connectivity index (χ0v) is 15.4. The minimum Gasteiger partial charge on any atom is -0.350 e. The van der Waals surface area contributed by atoms with Crippen LogP contribution in [0.4, 0.5) is 4.79 Å². The van der Waals surface area contributed by atoms with E-state index in [0.29, 0.717) is 30.2 Å². The predicted molar refractivity (Wildman–Crippen MR) is 100 cm³/mol. The van der Waals surface area contributed by atoms with Crippen molar-refractivity contribution in [1.82, 2.24) is 20.9 Å². The van der Waals surface area contributed by atoms with Crippen LogP contribution in [0.5, 0.6) is 0 Å². The van der Waals surface area contributed by atoms with Gasteiger partial charge in [0.05, 0.1) is 10.6 Å². The molecule has 0 unspecified atom stereocenters. The highest BCUT2D eigenvalue weighted by molar-refractivity contribution is 6.33. The molecule has 1 aliphatic rings. The van der Waals surface area contributed by atoms with E-state index in [1.165, 1.54) is 12.8 Å². The number of hydrogen-bond acceptors (Lipinski definition) is 3. The molecule has 2 rings (SSSR count). The number of nitrogens with zero attached hydrogens (tertiary/aromatic N) is 1. The van der Waals surface area contributed by atoms with Gasteiger partial charge in [-0.25, -0.2) is 4.79 Å². The molecule has 138 valence electrons. The smallest absolute Gasteiger partial charge is 0.314 e. The number of piperidine rings is 1. The van der Waals surface area contributed by atoms with Crippen LogP contribution in [-0.4, -0.2) is 56.1 Å². The molecule has 1 fully saturated rings. The number of urea groups is 1. The zero-order valence-electron chi connectivity index (χ0n) is 14.7. The standard InChI is InChI=1S/C18H27ClN4O2/c1-14-5-4-11-23(13-14)12-10-22-18(25)21-9-8-20-17(24)15-6-2-3-7-16(15)19/h2-3,6-7,14H,4-5,8-13H2,1H3,(H,20,24)(H2,21,22,25)/t14-/m1/s1. The molecule has 1 saturated heterocycles. The van der Waals surface area contributed by atoms with Crippen molar-refractivity contribution in [2.75, 3.05) is 39.3 Å². The summed E-state index contributed by atoms with van der Waals surface area (Å²) in [6.07, 6.45) is 2.53. The van der Waals surface area contributed by atoms with Crippen LogP contribution in [0.1, 0.15) is 30.1 Å². The molecular weight excluding hydrogens is 340 g/mol. The topological polar surface area (TPSA) is 73.5 Å². The number of hydrogen-bond donors (Lipinski definition) is 3. The number of nitrogens with one attached hydrogen (secondary N) is 3. The summed E-state index contributed by atoms with van der Waals surface area (Å²) >= 11 is 5.97. The van der Waals surface area contributed by atoms with Crippen LogP contribution in [0.2, 0.25) is 5.02 Å². The minimum atomic E-state index is -0.243. The average molecular weight is 367 g/mol. The molecule has 1 aromatic rings. The van der Waals surface area contributed by atoms with Crippen LogP contribution in [0.3, 0.4) is 0 Å². The molecule has 1 aromatic carbocycles. The molecule has 0 aliphatic carbocycles. The molecule has 6 nitrogen and oxygen atoms in total. The van der Waals surface area contributed by atoms with Crippen LogP contribution in [-0.2, 0) is 0 Å². The lowest BCUT2D eigenvalue weighted by molar-refractivity contribution is 0.0954. The van der Waals surface area contributed by atoms with Crippen molar-refractivity contribution in [3.8, 4) is 0 Å². The normalized spacial score (nSPS) is 17.8. The van der Waals surface area contributed by atoms with Crippen molar-refractivity contribution in [2.24, 2.45) is 5.92 Å².